The van der Waals surface area contributed by atoms with Gasteiger partial charge < -0.3 is 0 Å². The summed E-state index contributed by atoms with van der Waals surface area (Å²) in [7, 11) is 0. The molecular weight excluding hydrogens is 354 g/mol. The first kappa shape index (κ1) is 17.5. The topological polar surface area (TPSA) is 41.2 Å². The zero-order valence-electron chi connectivity index (χ0n) is 13.4. The molecule has 25 heavy (non-hydrogen) atoms. The number of nitrogens with zero attached hydrogens (tertiary/aromatic N) is 1. The number of Topliss-reactive ketones (excluding diaryl/α,β-unsaturated/α-hetero) is 1. The summed E-state index contributed by atoms with van der Waals surface area (Å²) in [6.07, 6.45) is 1.79. The molecule has 2 aromatic carbocycles. The van der Waals surface area contributed by atoms with Crippen molar-refractivity contribution in [2.75, 3.05) is 0 Å². The summed E-state index contributed by atoms with van der Waals surface area (Å²) in [6.45, 7) is 0. The molecule has 0 aliphatic heterocycles. The maximum atomic E-state index is 13.0. The molecule has 0 radical (unpaired) electrons. The molecule has 1 N–H and O–H groups in total. The smallest absolute Gasteiger partial charge is 0.292 e. The second-order valence-electron chi connectivity index (χ2n) is 5.53. The van der Waals surface area contributed by atoms with E-state index in [0.29, 0.717) is 10.0 Å². The summed E-state index contributed by atoms with van der Waals surface area (Å²) in [5.41, 5.74) is 1.70. The van der Waals surface area contributed by atoms with Gasteiger partial charge >= 0.3 is 0 Å². The second kappa shape index (κ2) is 8.19. The van der Waals surface area contributed by atoms with E-state index in [1.54, 1.807) is 24.4 Å². The first-order chi connectivity index (χ1) is 12.1. The van der Waals surface area contributed by atoms with Gasteiger partial charge in [-0.2, -0.15) is 0 Å². The Morgan fingerprint density at radius 3 is 2.40 bits per heavy atom. The van der Waals surface area contributed by atoms with Gasteiger partial charge in [0.15, 0.2) is 5.78 Å². The van der Waals surface area contributed by atoms with Gasteiger partial charge in [-0.25, -0.2) is 0 Å². The summed E-state index contributed by atoms with van der Waals surface area (Å²) >= 11 is 7.52. The SMILES string of the molecule is O=C(Cc1ccccc1Cl)C(Sc1cccc[n+]1O)c1ccccc1. The number of rotatable bonds is 6. The Morgan fingerprint density at radius 2 is 1.68 bits per heavy atom. The fourth-order valence-corrected chi connectivity index (χ4v) is 3.78. The quantitative estimate of drug-likeness (QED) is 0.394. The average Bonchev–Trinajstić information content (AvgIpc) is 2.63. The van der Waals surface area contributed by atoms with Crippen LogP contribution in [-0.2, 0) is 11.2 Å². The van der Waals surface area contributed by atoms with Crippen LogP contribution in [-0.4, -0.2) is 11.0 Å². The van der Waals surface area contributed by atoms with E-state index in [1.165, 1.54) is 11.8 Å². The summed E-state index contributed by atoms with van der Waals surface area (Å²) in [6, 6.07) is 22.3. The Hall–Kier alpha value is -2.30. The zero-order valence-corrected chi connectivity index (χ0v) is 15.0. The third-order valence-corrected chi connectivity index (χ3v) is 5.46. The number of ketones is 1. The van der Waals surface area contributed by atoms with Gasteiger partial charge in [-0.15, -0.1) is 0 Å². The number of hydrogen-bond donors (Lipinski definition) is 1. The molecule has 3 rings (SSSR count). The molecule has 0 saturated carbocycles. The maximum absolute atomic E-state index is 13.0. The lowest BCUT2D eigenvalue weighted by molar-refractivity contribution is -0.932. The van der Waals surface area contributed by atoms with E-state index >= 15 is 0 Å². The van der Waals surface area contributed by atoms with Crippen molar-refractivity contribution in [3.05, 3.63) is 95.1 Å². The minimum Gasteiger partial charge on any atom is -0.298 e. The van der Waals surface area contributed by atoms with Gasteiger partial charge in [0.2, 0.25) is 6.20 Å². The van der Waals surface area contributed by atoms with Crippen LogP contribution in [0.25, 0.3) is 0 Å². The minimum absolute atomic E-state index is 0.0353. The Balaban J connectivity index is 1.90. The predicted octanol–water partition coefficient (Wildman–Crippen LogP) is 4.51. The average molecular weight is 371 g/mol. The molecule has 0 fully saturated rings. The van der Waals surface area contributed by atoms with Gasteiger partial charge in [-0.3, -0.25) is 10.0 Å². The summed E-state index contributed by atoms with van der Waals surface area (Å²) in [5, 5.41) is 10.7. The molecule has 1 atom stereocenters. The standard InChI is InChI=1S/C20H17ClNO2S/c21-17-11-5-4-10-16(17)14-18(23)20(15-8-2-1-3-9-15)25-19-12-6-7-13-22(19)24/h1-13,20,24H,14H2/q+1. The molecule has 126 valence electrons. The van der Waals surface area contributed by atoms with Gasteiger partial charge in [0.05, 0.1) is 5.25 Å². The summed E-state index contributed by atoms with van der Waals surface area (Å²) in [4.78, 5) is 13.0. The first-order valence-electron chi connectivity index (χ1n) is 7.83. The van der Waals surface area contributed by atoms with Crippen LogP contribution >= 0.6 is 23.4 Å². The van der Waals surface area contributed by atoms with Gasteiger partial charge in [0, 0.05) is 28.3 Å². The number of carbonyl (C=O) groups excluding carboxylic acids is 1. The Labute approximate surface area is 155 Å². The fraction of sp³-hybridized carbons (Fsp3) is 0.100. The van der Waals surface area contributed by atoms with Crippen LogP contribution in [0.2, 0.25) is 5.02 Å². The number of thioether (sulfide) groups is 1. The van der Waals surface area contributed by atoms with Crippen molar-refractivity contribution < 1.29 is 14.7 Å². The Bertz CT molecular complexity index is 870. The van der Waals surface area contributed by atoms with Gasteiger partial charge in [0.25, 0.3) is 5.03 Å². The van der Waals surface area contributed by atoms with Crippen molar-refractivity contribution in [1.82, 2.24) is 0 Å². The molecule has 0 aliphatic rings. The van der Waals surface area contributed by atoms with Gasteiger partial charge in [-0.05, 0) is 35.0 Å². The third-order valence-electron chi connectivity index (χ3n) is 3.76. The maximum Gasteiger partial charge on any atom is 0.292 e. The molecule has 3 nitrogen and oxygen atoms in total. The van der Waals surface area contributed by atoms with E-state index in [9.17, 15) is 10.0 Å². The number of halogens is 1. The molecule has 1 aromatic heterocycles. The van der Waals surface area contributed by atoms with Crippen LogP contribution in [0.1, 0.15) is 16.4 Å². The molecule has 1 heterocycles. The van der Waals surface area contributed by atoms with Crippen LogP contribution in [0.5, 0.6) is 0 Å². The lowest BCUT2D eigenvalue weighted by Crippen LogP contribution is -2.32. The molecule has 1 unspecified atom stereocenters. The Kier molecular flexibility index (Phi) is 5.74. The van der Waals surface area contributed by atoms with E-state index in [0.717, 1.165) is 15.9 Å². The molecule has 0 spiro atoms. The lowest BCUT2D eigenvalue weighted by atomic mass is 10.0. The van der Waals surface area contributed by atoms with Crippen molar-refractivity contribution in [2.45, 2.75) is 16.7 Å². The van der Waals surface area contributed by atoms with Crippen molar-refractivity contribution >= 4 is 29.1 Å². The molecule has 0 amide bonds. The fourth-order valence-electron chi connectivity index (χ4n) is 2.50. The molecule has 0 saturated heterocycles. The van der Waals surface area contributed by atoms with E-state index in [-0.39, 0.29) is 12.2 Å². The lowest BCUT2D eigenvalue weighted by Gasteiger charge is -2.14. The minimum atomic E-state index is -0.432. The monoisotopic (exact) mass is 370 g/mol. The number of aromatic nitrogens is 1. The van der Waals surface area contributed by atoms with Crippen LogP contribution in [0, 0.1) is 0 Å². The number of hydrogen-bond acceptors (Lipinski definition) is 3. The zero-order chi connectivity index (χ0) is 17.6. The van der Waals surface area contributed by atoms with E-state index in [1.807, 2.05) is 54.6 Å². The third kappa shape index (κ3) is 4.41. The second-order valence-corrected chi connectivity index (χ2v) is 7.06. The van der Waals surface area contributed by atoms with Crippen LogP contribution in [0.15, 0.2) is 84.0 Å². The van der Waals surface area contributed by atoms with Crippen molar-refractivity contribution in [3.8, 4) is 0 Å². The van der Waals surface area contributed by atoms with E-state index < -0.39 is 5.25 Å². The van der Waals surface area contributed by atoms with Crippen molar-refractivity contribution in [1.29, 1.82) is 0 Å². The number of carbonyl (C=O) groups is 1. The highest BCUT2D eigenvalue weighted by Crippen LogP contribution is 2.35. The predicted molar refractivity (Wildman–Crippen MR) is 99.0 cm³/mol. The highest BCUT2D eigenvalue weighted by Gasteiger charge is 2.26. The number of benzene rings is 2. The van der Waals surface area contributed by atoms with Crippen molar-refractivity contribution in [3.63, 3.8) is 0 Å². The molecular formula is C20H17ClNO2S+. The van der Waals surface area contributed by atoms with Crippen LogP contribution < -0.4 is 4.73 Å². The molecule has 0 bridgehead atoms. The highest BCUT2D eigenvalue weighted by atomic mass is 35.5. The molecule has 5 heteroatoms. The highest BCUT2D eigenvalue weighted by molar-refractivity contribution is 8.00. The van der Waals surface area contributed by atoms with Crippen LogP contribution in [0.3, 0.4) is 0 Å². The first-order valence-corrected chi connectivity index (χ1v) is 9.08. The molecule has 3 aromatic rings. The largest absolute Gasteiger partial charge is 0.298 e. The number of pyridine rings is 1. The van der Waals surface area contributed by atoms with Gasteiger partial charge in [-0.1, -0.05) is 60.1 Å². The van der Waals surface area contributed by atoms with Crippen LogP contribution in [0.4, 0.5) is 0 Å². The normalized spacial score (nSPS) is 11.9. The van der Waals surface area contributed by atoms with E-state index in [2.05, 4.69) is 0 Å². The van der Waals surface area contributed by atoms with Crippen molar-refractivity contribution in [2.24, 2.45) is 0 Å². The van der Waals surface area contributed by atoms with E-state index in [4.69, 9.17) is 11.6 Å². The summed E-state index contributed by atoms with van der Waals surface area (Å²) < 4.78 is 1.03. The summed E-state index contributed by atoms with van der Waals surface area (Å²) in [5.74, 6) is 0.0353. The molecule has 0 aliphatic carbocycles. The van der Waals surface area contributed by atoms with Gasteiger partial charge in [0.1, 0.15) is 0 Å². The Morgan fingerprint density at radius 1 is 1.00 bits per heavy atom.